The van der Waals surface area contributed by atoms with Crippen molar-refractivity contribution in [2.45, 2.75) is 9.79 Å². The number of nitrogens with one attached hydrogen (secondary N) is 2. The van der Waals surface area contributed by atoms with E-state index in [-0.39, 0.29) is 15.5 Å². The zero-order valence-corrected chi connectivity index (χ0v) is 19.4. The van der Waals surface area contributed by atoms with Crippen LogP contribution in [0.4, 0.5) is 11.4 Å². The molecule has 0 aliphatic heterocycles. The highest BCUT2D eigenvalue weighted by Gasteiger charge is 2.18. The van der Waals surface area contributed by atoms with E-state index < -0.39 is 20.0 Å². The van der Waals surface area contributed by atoms with Crippen LogP contribution in [0.5, 0.6) is 5.75 Å². The van der Waals surface area contributed by atoms with E-state index in [0.717, 1.165) is 0 Å². The topological polar surface area (TPSA) is 102 Å². The number of hydrogen-bond acceptors (Lipinski definition) is 5. The molecule has 0 saturated carbocycles. The Morgan fingerprint density at radius 3 is 2.00 bits per heavy atom. The fourth-order valence-corrected chi connectivity index (χ4v) is 5.51. The molecule has 0 saturated heterocycles. The zero-order chi connectivity index (χ0) is 21.9. The molecule has 3 aromatic carbocycles. The molecule has 0 aliphatic carbocycles. The lowest BCUT2D eigenvalue weighted by molar-refractivity contribution is 0.411. The van der Waals surface area contributed by atoms with Crippen LogP contribution in [0.3, 0.4) is 0 Å². The Labute approximate surface area is 188 Å². The Bertz CT molecular complexity index is 1280. The first kappa shape index (κ1) is 22.4. The van der Waals surface area contributed by atoms with Crippen LogP contribution in [0, 0.1) is 0 Å². The van der Waals surface area contributed by atoms with Crippen molar-refractivity contribution in [2.75, 3.05) is 16.6 Å². The predicted octanol–water partition coefficient (Wildman–Crippen LogP) is 4.71. The summed E-state index contributed by atoms with van der Waals surface area (Å²) in [5.74, 6) is 0.496. The SMILES string of the molecule is COc1ccc(S(=O)(=O)Nc2ccc(S(=O)(=O)Nc3cccc(Cl)c3)cc2)cc1Br. The smallest absolute Gasteiger partial charge is 0.261 e. The maximum atomic E-state index is 12.6. The van der Waals surface area contributed by atoms with Crippen molar-refractivity contribution >= 4 is 59.0 Å². The number of halogens is 2. The lowest BCUT2D eigenvalue weighted by Crippen LogP contribution is -2.14. The monoisotopic (exact) mass is 530 g/mol. The lowest BCUT2D eigenvalue weighted by Gasteiger charge is -2.11. The van der Waals surface area contributed by atoms with E-state index in [1.165, 1.54) is 55.6 Å². The molecule has 0 aliphatic rings. The molecule has 2 N–H and O–H groups in total. The summed E-state index contributed by atoms with van der Waals surface area (Å²) in [6.07, 6.45) is 0. The third-order valence-corrected chi connectivity index (χ3v) is 7.56. The molecule has 0 unspecified atom stereocenters. The molecule has 30 heavy (non-hydrogen) atoms. The maximum absolute atomic E-state index is 12.6. The van der Waals surface area contributed by atoms with E-state index in [0.29, 0.717) is 20.9 Å². The summed E-state index contributed by atoms with van der Waals surface area (Å²) in [5, 5.41) is 0.394. The van der Waals surface area contributed by atoms with E-state index in [4.69, 9.17) is 16.3 Å². The number of anilines is 2. The van der Waals surface area contributed by atoms with Gasteiger partial charge in [-0.3, -0.25) is 9.44 Å². The minimum absolute atomic E-state index is 0.0227. The molecule has 0 amide bonds. The number of benzene rings is 3. The van der Waals surface area contributed by atoms with Crippen molar-refractivity contribution in [2.24, 2.45) is 0 Å². The number of ether oxygens (including phenoxy) is 1. The maximum Gasteiger partial charge on any atom is 0.261 e. The number of methoxy groups -OCH3 is 1. The van der Waals surface area contributed by atoms with Gasteiger partial charge in [-0.05, 0) is 76.6 Å². The average Bonchev–Trinajstić information content (AvgIpc) is 2.67. The van der Waals surface area contributed by atoms with Crippen LogP contribution in [0.1, 0.15) is 0 Å². The zero-order valence-electron chi connectivity index (χ0n) is 15.5. The molecular weight excluding hydrogens is 516 g/mol. The molecule has 0 spiro atoms. The summed E-state index contributed by atoms with van der Waals surface area (Å²) in [6, 6.07) is 16.0. The summed E-state index contributed by atoms with van der Waals surface area (Å²) in [6.45, 7) is 0. The first-order valence-electron chi connectivity index (χ1n) is 8.35. The highest BCUT2D eigenvalue weighted by molar-refractivity contribution is 9.10. The van der Waals surface area contributed by atoms with E-state index in [9.17, 15) is 16.8 Å². The van der Waals surface area contributed by atoms with Gasteiger partial charge in [0.25, 0.3) is 20.0 Å². The van der Waals surface area contributed by atoms with Gasteiger partial charge >= 0.3 is 0 Å². The van der Waals surface area contributed by atoms with E-state index in [1.54, 1.807) is 18.2 Å². The van der Waals surface area contributed by atoms with Gasteiger partial charge in [0.05, 0.1) is 27.1 Å². The van der Waals surface area contributed by atoms with Crippen LogP contribution in [0.2, 0.25) is 5.02 Å². The molecule has 0 aromatic heterocycles. The molecule has 0 atom stereocenters. The molecule has 11 heteroatoms. The third-order valence-electron chi connectivity index (χ3n) is 3.93. The Morgan fingerprint density at radius 1 is 0.800 bits per heavy atom. The fourth-order valence-electron chi connectivity index (χ4n) is 2.50. The predicted molar refractivity (Wildman–Crippen MR) is 120 cm³/mol. The molecule has 3 rings (SSSR count). The van der Waals surface area contributed by atoms with Crippen molar-refractivity contribution in [3.05, 3.63) is 76.2 Å². The normalized spacial score (nSPS) is 11.7. The largest absolute Gasteiger partial charge is 0.496 e. The Hall–Kier alpha value is -2.27. The molecule has 3 aromatic rings. The van der Waals surface area contributed by atoms with Gasteiger partial charge in [0.2, 0.25) is 0 Å². The highest BCUT2D eigenvalue weighted by Crippen LogP contribution is 2.28. The Kier molecular flexibility index (Phi) is 6.61. The van der Waals surface area contributed by atoms with Crippen molar-refractivity contribution in [1.29, 1.82) is 0 Å². The van der Waals surface area contributed by atoms with Gasteiger partial charge in [0, 0.05) is 10.7 Å². The van der Waals surface area contributed by atoms with Gasteiger partial charge < -0.3 is 4.74 Å². The molecule has 0 fully saturated rings. The molecule has 0 bridgehead atoms. The second-order valence-corrected chi connectivity index (χ2v) is 10.7. The van der Waals surface area contributed by atoms with E-state index in [1.807, 2.05) is 0 Å². The summed E-state index contributed by atoms with van der Waals surface area (Å²) in [4.78, 5) is -0.00730. The molecule has 7 nitrogen and oxygen atoms in total. The average molecular weight is 532 g/mol. The van der Waals surface area contributed by atoms with Gasteiger partial charge in [-0.2, -0.15) is 0 Å². The second kappa shape index (κ2) is 8.84. The van der Waals surface area contributed by atoms with Crippen LogP contribution in [-0.4, -0.2) is 23.9 Å². The van der Waals surface area contributed by atoms with Gasteiger partial charge in [-0.15, -0.1) is 0 Å². The molecular formula is C19H16BrClN2O5S2. The van der Waals surface area contributed by atoms with E-state index in [2.05, 4.69) is 25.4 Å². The van der Waals surface area contributed by atoms with Gasteiger partial charge in [0.15, 0.2) is 0 Å². The minimum Gasteiger partial charge on any atom is -0.496 e. The standard InChI is InChI=1S/C19H16BrClN2O5S2/c1-28-19-10-9-17(12-18(19)20)30(26,27)22-14-5-7-16(8-6-14)29(24,25)23-15-4-2-3-13(21)11-15/h2-12,22-23H,1H3. The molecule has 158 valence electrons. The first-order chi connectivity index (χ1) is 14.1. The van der Waals surface area contributed by atoms with Gasteiger partial charge in [-0.25, -0.2) is 16.8 Å². The summed E-state index contributed by atoms with van der Waals surface area (Å²) < 4.78 is 60.6. The summed E-state index contributed by atoms with van der Waals surface area (Å²) >= 11 is 9.12. The lowest BCUT2D eigenvalue weighted by atomic mass is 10.3. The fraction of sp³-hybridized carbons (Fsp3) is 0.0526. The first-order valence-corrected chi connectivity index (χ1v) is 12.5. The van der Waals surface area contributed by atoms with Crippen LogP contribution in [0.15, 0.2) is 81.0 Å². The van der Waals surface area contributed by atoms with Crippen LogP contribution in [-0.2, 0) is 20.0 Å². The number of sulfonamides is 2. The summed E-state index contributed by atoms with van der Waals surface area (Å²) in [7, 11) is -6.26. The second-order valence-electron chi connectivity index (χ2n) is 6.04. The van der Waals surface area contributed by atoms with Crippen molar-refractivity contribution in [3.8, 4) is 5.75 Å². The van der Waals surface area contributed by atoms with E-state index >= 15 is 0 Å². The van der Waals surface area contributed by atoms with Gasteiger partial charge in [-0.1, -0.05) is 17.7 Å². The van der Waals surface area contributed by atoms with Crippen molar-refractivity contribution < 1.29 is 21.6 Å². The van der Waals surface area contributed by atoms with Crippen LogP contribution >= 0.6 is 27.5 Å². The summed E-state index contributed by atoms with van der Waals surface area (Å²) in [5.41, 5.74) is 0.529. The van der Waals surface area contributed by atoms with Crippen LogP contribution < -0.4 is 14.2 Å². The van der Waals surface area contributed by atoms with Crippen molar-refractivity contribution in [3.63, 3.8) is 0 Å². The minimum atomic E-state index is -3.88. The Balaban J connectivity index is 1.79. The highest BCUT2D eigenvalue weighted by atomic mass is 79.9. The van der Waals surface area contributed by atoms with Crippen molar-refractivity contribution in [1.82, 2.24) is 0 Å². The quantitative estimate of drug-likeness (QED) is 0.460. The number of rotatable bonds is 7. The third kappa shape index (κ3) is 5.25. The van der Waals surface area contributed by atoms with Gasteiger partial charge in [0.1, 0.15) is 5.75 Å². The Morgan fingerprint density at radius 2 is 1.40 bits per heavy atom. The number of hydrogen-bond donors (Lipinski definition) is 2. The molecule has 0 radical (unpaired) electrons. The molecule has 0 heterocycles. The van der Waals surface area contributed by atoms with Crippen LogP contribution in [0.25, 0.3) is 0 Å².